The first kappa shape index (κ1) is 20.5. The highest BCUT2D eigenvalue weighted by atomic mass is 32.2. The highest BCUT2D eigenvalue weighted by Crippen LogP contribution is 2.42. The number of sulfonamides is 1. The first-order valence-corrected chi connectivity index (χ1v) is 11.9. The Morgan fingerprint density at radius 1 is 0.938 bits per heavy atom. The van der Waals surface area contributed by atoms with Gasteiger partial charge in [-0.15, -0.1) is 0 Å². The monoisotopic (exact) mass is 450 g/mol. The van der Waals surface area contributed by atoms with Crippen molar-refractivity contribution in [1.29, 1.82) is 0 Å². The Morgan fingerprint density at radius 3 is 2.44 bits per heavy atom. The summed E-state index contributed by atoms with van der Waals surface area (Å²) in [5.41, 5.74) is 1.51. The summed E-state index contributed by atoms with van der Waals surface area (Å²) >= 11 is 0. The molecule has 0 spiro atoms. The van der Waals surface area contributed by atoms with Crippen molar-refractivity contribution in [2.75, 3.05) is 18.4 Å². The lowest BCUT2D eigenvalue weighted by Crippen LogP contribution is -2.28. The molecule has 3 aromatic carbocycles. The maximum Gasteiger partial charge on any atom is 0.259 e. The minimum Gasteiger partial charge on any atom is -0.456 e. The second-order valence-electron chi connectivity index (χ2n) is 7.83. The van der Waals surface area contributed by atoms with Crippen molar-refractivity contribution < 1.29 is 22.7 Å². The molecule has 164 valence electrons. The van der Waals surface area contributed by atoms with Gasteiger partial charge in [0.25, 0.3) is 5.91 Å². The van der Waals surface area contributed by atoms with Crippen molar-refractivity contribution in [1.82, 2.24) is 4.31 Å². The first-order valence-electron chi connectivity index (χ1n) is 10.4. The fourth-order valence-electron chi connectivity index (χ4n) is 3.91. The third-order valence-corrected chi connectivity index (χ3v) is 7.56. The van der Waals surface area contributed by atoms with Crippen molar-refractivity contribution in [3.05, 3.63) is 71.8 Å². The molecular weight excluding hydrogens is 428 g/mol. The number of nitrogens with zero attached hydrogens (tertiary/aromatic N) is 1. The largest absolute Gasteiger partial charge is 0.456 e. The quantitative estimate of drug-likeness (QED) is 0.609. The number of fused-ring (bicyclic) bond motifs is 2. The van der Waals surface area contributed by atoms with Gasteiger partial charge in [-0.1, -0.05) is 30.3 Å². The zero-order valence-corrected chi connectivity index (χ0v) is 18.3. The Hall–Kier alpha value is -3.36. The van der Waals surface area contributed by atoms with E-state index < -0.39 is 15.9 Å². The van der Waals surface area contributed by atoms with Gasteiger partial charge < -0.3 is 14.8 Å². The molecule has 2 heterocycles. The minimum atomic E-state index is -3.87. The van der Waals surface area contributed by atoms with Crippen LogP contribution < -0.4 is 14.8 Å². The van der Waals surface area contributed by atoms with Gasteiger partial charge in [0.15, 0.2) is 11.5 Å². The fourth-order valence-corrected chi connectivity index (χ4v) is 5.55. The van der Waals surface area contributed by atoms with Crippen LogP contribution in [0.25, 0.3) is 0 Å². The lowest BCUT2D eigenvalue weighted by atomic mass is 10.1. The number of nitrogens with one attached hydrogen (secondary N) is 1. The van der Waals surface area contributed by atoms with Crippen molar-refractivity contribution in [2.24, 2.45) is 0 Å². The maximum atomic E-state index is 13.5. The molecule has 2 aliphatic rings. The number of hydrogen-bond donors (Lipinski definition) is 1. The van der Waals surface area contributed by atoms with Gasteiger partial charge in [0.1, 0.15) is 16.4 Å². The van der Waals surface area contributed by atoms with Crippen LogP contribution in [-0.4, -0.2) is 31.7 Å². The number of carbonyl (C=O) groups excluding carboxylic acids is 1. The van der Waals surface area contributed by atoms with Crippen molar-refractivity contribution in [3.8, 4) is 23.0 Å². The third kappa shape index (κ3) is 3.61. The predicted octanol–water partition coefficient (Wildman–Crippen LogP) is 4.93. The van der Waals surface area contributed by atoms with E-state index in [1.54, 1.807) is 30.3 Å². The Balaban J connectivity index is 1.68. The Bertz CT molecular complexity index is 1310. The van der Waals surface area contributed by atoms with E-state index >= 15 is 0 Å². The highest BCUT2D eigenvalue weighted by molar-refractivity contribution is 7.89. The topological polar surface area (TPSA) is 84.9 Å². The third-order valence-electron chi connectivity index (χ3n) is 5.64. The van der Waals surface area contributed by atoms with Crippen LogP contribution in [-0.2, 0) is 10.0 Å². The molecule has 0 atom stereocenters. The van der Waals surface area contributed by atoms with Crippen LogP contribution in [0.4, 0.5) is 5.69 Å². The van der Waals surface area contributed by atoms with E-state index in [2.05, 4.69) is 5.32 Å². The van der Waals surface area contributed by atoms with Crippen molar-refractivity contribution in [2.45, 2.75) is 24.7 Å². The van der Waals surface area contributed by atoms with E-state index in [1.807, 2.05) is 25.1 Å². The molecule has 5 rings (SSSR count). The van der Waals surface area contributed by atoms with Gasteiger partial charge in [-0.2, -0.15) is 4.31 Å². The SMILES string of the molecule is Cc1ccccc1Oc1cc2c(cc1S(=O)(=O)N1CCCC1)C(=O)Nc1ccccc1O2. The van der Waals surface area contributed by atoms with Gasteiger partial charge in [-0.05, 0) is 49.6 Å². The second-order valence-corrected chi connectivity index (χ2v) is 9.73. The summed E-state index contributed by atoms with van der Waals surface area (Å²) in [7, 11) is -3.87. The van der Waals surface area contributed by atoms with Crippen LogP contribution in [0.15, 0.2) is 65.6 Å². The van der Waals surface area contributed by atoms with E-state index in [0.29, 0.717) is 30.3 Å². The number of carbonyl (C=O) groups is 1. The van der Waals surface area contributed by atoms with E-state index in [9.17, 15) is 13.2 Å². The summed E-state index contributed by atoms with van der Waals surface area (Å²) in [6.07, 6.45) is 1.61. The fraction of sp³-hybridized carbons (Fsp3) is 0.208. The van der Waals surface area contributed by atoms with E-state index in [-0.39, 0.29) is 22.0 Å². The Labute approximate surface area is 186 Å². The number of amides is 1. The van der Waals surface area contributed by atoms with Gasteiger partial charge in [0.05, 0.1) is 11.3 Å². The molecule has 3 aromatic rings. The van der Waals surface area contributed by atoms with E-state index in [4.69, 9.17) is 9.47 Å². The summed E-state index contributed by atoms with van der Waals surface area (Å²) in [5, 5.41) is 2.79. The zero-order chi connectivity index (χ0) is 22.3. The predicted molar refractivity (Wildman–Crippen MR) is 120 cm³/mol. The summed E-state index contributed by atoms with van der Waals surface area (Å²) in [5.74, 6) is 0.916. The second kappa shape index (κ2) is 7.96. The average molecular weight is 451 g/mol. The van der Waals surface area contributed by atoms with Crippen LogP contribution in [0, 0.1) is 6.92 Å². The number of anilines is 1. The summed E-state index contributed by atoms with van der Waals surface area (Å²) < 4.78 is 40.5. The number of rotatable bonds is 4. The normalized spacial score (nSPS) is 15.8. The molecule has 0 bridgehead atoms. The summed E-state index contributed by atoms with van der Waals surface area (Å²) in [4.78, 5) is 12.9. The summed E-state index contributed by atoms with van der Waals surface area (Å²) in [6, 6.07) is 17.3. The zero-order valence-electron chi connectivity index (χ0n) is 17.5. The Kier molecular flexibility index (Phi) is 5.11. The number of ether oxygens (including phenoxy) is 2. The molecule has 1 amide bonds. The average Bonchev–Trinajstić information content (AvgIpc) is 3.28. The summed E-state index contributed by atoms with van der Waals surface area (Å²) in [6.45, 7) is 2.77. The van der Waals surface area contributed by atoms with Crippen molar-refractivity contribution >= 4 is 21.6 Å². The first-order chi connectivity index (χ1) is 15.4. The molecule has 1 N–H and O–H groups in total. The maximum absolute atomic E-state index is 13.5. The molecule has 0 unspecified atom stereocenters. The molecule has 0 saturated carbocycles. The number of aryl methyl sites for hydroxylation is 1. The standard InChI is InChI=1S/C24H22N2O5S/c1-16-8-2-4-10-19(16)30-22-15-21-17(14-23(22)32(28,29)26-12-6-7-13-26)24(27)25-18-9-3-5-11-20(18)31-21/h2-5,8-11,14-15H,6-7,12-13H2,1H3,(H,25,27). The molecule has 1 saturated heterocycles. The molecule has 32 heavy (non-hydrogen) atoms. The van der Waals surface area contributed by atoms with Gasteiger partial charge in [-0.25, -0.2) is 8.42 Å². The van der Waals surface area contributed by atoms with Gasteiger partial charge >= 0.3 is 0 Å². The van der Waals surface area contributed by atoms with Crippen LogP contribution in [0.2, 0.25) is 0 Å². The van der Waals surface area contributed by atoms with Gasteiger partial charge in [0, 0.05) is 19.2 Å². The molecule has 0 radical (unpaired) electrons. The van der Waals surface area contributed by atoms with E-state index in [1.165, 1.54) is 16.4 Å². The molecule has 7 nitrogen and oxygen atoms in total. The van der Waals surface area contributed by atoms with Crippen LogP contribution >= 0.6 is 0 Å². The lowest BCUT2D eigenvalue weighted by molar-refractivity contribution is 0.102. The van der Waals surface area contributed by atoms with Crippen LogP contribution in [0.5, 0.6) is 23.0 Å². The Morgan fingerprint density at radius 2 is 1.66 bits per heavy atom. The van der Waals surface area contributed by atoms with Crippen LogP contribution in [0.3, 0.4) is 0 Å². The van der Waals surface area contributed by atoms with Crippen molar-refractivity contribution in [3.63, 3.8) is 0 Å². The minimum absolute atomic E-state index is 0.0499. The van der Waals surface area contributed by atoms with E-state index in [0.717, 1.165) is 18.4 Å². The molecular formula is C24H22N2O5S. The lowest BCUT2D eigenvalue weighted by Gasteiger charge is -2.20. The molecule has 1 fully saturated rings. The molecule has 0 aromatic heterocycles. The number of para-hydroxylation sites is 3. The molecule has 2 aliphatic heterocycles. The van der Waals surface area contributed by atoms with Gasteiger partial charge in [0.2, 0.25) is 10.0 Å². The molecule has 0 aliphatic carbocycles. The van der Waals surface area contributed by atoms with Crippen LogP contribution in [0.1, 0.15) is 28.8 Å². The molecule has 8 heteroatoms. The van der Waals surface area contributed by atoms with Gasteiger partial charge in [-0.3, -0.25) is 4.79 Å². The highest BCUT2D eigenvalue weighted by Gasteiger charge is 2.33. The smallest absolute Gasteiger partial charge is 0.259 e. The number of hydrogen-bond acceptors (Lipinski definition) is 5. The number of benzene rings is 3.